The molecule has 0 aromatic heterocycles. The lowest BCUT2D eigenvalue weighted by atomic mass is 10.1. The highest BCUT2D eigenvalue weighted by molar-refractivity contribution is 5.89. The van der Waals surface area contributed by atoms with Gasteiger partial charge in [-0.15, -0.1) is 0 Å². The zero-order chi connectivity index (χ0) is 15.2. The molecule has 0 aliphatic carbocycles. The van der Waals surface area contributed by atoms with E-state index in [1.165, 1.54) is 5.56 Å². The summed E-state index contributed by atoms with van der Waals surface area (Å²) in [5, 5.41) is 6.35. The number of piperazine rings is 1. The van der Waals surface area contributed by atoms with E-state index in [0.717, 1.165) is 38.4 Å². The molecule has 0 bridgehead atoms. The van der Waals surface area contributed by atoms with Crippen LogP contribution in [0.3, 0.4) is 0 Å². The van der Waals surface area contributed by atoms with Crippen molar-refractivity contribution in [2.75, 3.05) is 45.1 Å². The van der Waals surface area contributed by atoms with E-state index in [4.69, 9.17) is 0 Å². The van der Waals surface area contributed by atoms with Gasteiger partial charge in [-0.3, -0.25) is 0 Å². The molecule has 5 heteroatoms. The first kappa shape index (κ1) is 15.8. The second-order valence-electron chi connectivity index (χ2n) is 5.62. The summed E-state index contributed by atoms with van der Waals surface area (Å²) in [5.41, 5.74) is 2.08. The minimum Gasteiger partial charge on any atom is -0.322 e. The molecule has 1 unspecified atom stereocenters. The Labute approximate surface area is 127 Å². The molecule has 2 N–H and O–H groups in total. The number of carbonyl (C=O) groups excluding carboxylic acids is 1. The van der Waals surface area contributed by atoms with Crippen LogP contribution in [-0.4, -0.2) is 55.6 Å². The third kappa shape index (κ3) is 4.44. The van der Waals surface area contributed by atoms with Crippen molar-refractivity contribution in [3.63, 3.8) is 0 Å². The molecule has 1 heterocycles. The highest BCUT2D eigenvalue weighted by Crippen LogP contribution is 2.16. The molecule has 1 aliphatic heterocycles. The monoisotopic (exact) mass is 290 g/mol. The molecular weight excluding hydrogens is 264 g/mol. The number of hydrogen-bond donors (Lipinski definition) is 2. The average Bonchev–Trinajstić information content (AvgIpc) is 2.49. The average molecular weight is 290 g/mol. The Kier molecular flexibility index (Phi) is 5.59. The first-order chi connectivity index (χ1) is 10.1. The van der Waals surface area contributed by atoms with Crippen LogP contribution in [0.4, 0.5) is 10.5 Å². The van der Waals surface area contributed by atoms with Crippen LogP contribution in [0.25, 0.3) is 0 Å². The van der Waals surface area contributed by atoms with Crippen molar-refractivity contribution in [1.29, 1.82) is 0 Å². The van der Waals surface area contributed by atoms with Gasteiger partial charge < -0.3 is 20.4 Å². The number of likely N-dealkylation sites (N-methyl/N-ethyl adjacent to an activating group) is 1. The van der Waals surface area contributed by atoms with Gasteiger partial charge in [0.15, 0.2) is 0 Å². The molecule has 2 rings (SSSR count). The number of rotatable bonds is 4. The number of benzene rings is 1. The summed E-state index contributed by atoms with van der Waals surface area (Å²) in [4.78, 5) is 16.3. The van der Waals surface area contributed by atoms with E-state index in [1.807, 2.05) is 17.0 Å². The van der Waals surface area contributed by atoms with Gasteiger partial charge in [0.25, 0.3) is 0 Å². The molecule has 0 saturated carbocycles. The fraction of sp³-hybridized carbons (Fsp3) is 0.562. The number of nitrogens with one attached hydrogen (secondary N) is 2. The number of hydrogen-bond acceptors (Lipinski definition) is 3. The number of carbonyl (C=O) groups is 1. The van der Waals surface area contributed by atoms with Gasteiger partial charge in [-0.05, 0) is 38.2 Å². The minimum atomic E-state index is -0.00409. The number of urea groups is 1. The highest BCUT2D eigenvalue weighted by atomic mass is 16.2. The van der Waals surface area contributed by atoms with Gasteiger partial charge in [-0.2, -0.15) is 0 Å². The van der Waals surface area contributed by atoms with Crippen LogP contribution in [0.15, 0.2) is 24.3 Å². The summed E-state index contributed by atoms with van der Waals surface area (Å²) in [6.45, 7) is 8.64. The third-order valence-corrected chi connectivity index (χ3v) is 3.96. The lowest BCUT2D eigenvalue weighted by Crippen LogP contribution is -2.48. The van der Waals surface area contributed by atoms with Crippen LogP contribution in [0.5, 0.6) is 0 Å². The van der Waals surface area contributed by atoms with Crippen LogP contribution in [0, 0.1) is 0 Å². The fourth-order valence-electron chi connectivity index (χ4n) is 2.49. The second-order valence-corrected chi connectivity index (χ2v) is 5.62. The molecule has 0 spiro atoms. The molecule has 2 amide bonds. The summed E-state index contributed by atoms with van der Waals surface area (Å²) in [6.07, 6.45) is 0. The van der Waals surface area contributed by atoms with E-state index >= 15 is 0 Å². The zero-order valence-electron chi connectivity index (χ0n) is 13.2. The van der Waals surface area contributed by atoms with Crippen molar-refractivity contribution in [3.05, 3.63) is 29.8 Å². The van der Waals surface area contributed by atoms with E-state index < -0.39 is 0 Å². The van der Waals surface area contributed by atoms with Crippen molar-refractivity contribution in [1.82, 2.24) is 15.1 Å². The summed E-state index contributed by atoms with van der Waals surface area (Å²) in [5.74, 6) is 0. The Hall–Kier alpha value is -1.59. The van der Waals surface area contributed by atoms with E-state index in [2.05, 4.69) is 48.6 Å². The summed E-state index contributed by atoms with van der Waals surface area (Å²) in [6, 6.07) is 8.39. The van der Waals surface area contributed by atoms with Crippen molar-refractivity contribution >= 4 is 11.7 Å². The topological polar surface area (TPSA) is 47.6 Å². The van der Waals surface area contributed by atoms with Crippen LogP contribution >= 0.6 is 0 Å². The van der Waals surface area contributed by atoms with Crippen LogP contribution in [0.2, 0.25) is 0 Å². The molecule has 1 aliphatic rings. The fourth-order valence-corrected chi connectivity index (χ4v) is 2.49. The molecule has 21 heavy (non-hydrogen) atoms. The Bertz CT molecular complexity index is 452. The molecule has 116 valence electrons. The molecule has 1 atom stereocenters. The first-order valence-electron chi connectivity index (χ1n) is 7.68. The molecular formula is C16H26N4O. The normalized spacial score (nSPS) is 17.6. The Morgan fingerprint density at radius 3 is 2.38 bits per heavy atom. The van der Waals surface area contributed by atoms with E-state index in [0.29, 0.717) is 6.04 Å². The maximum atomic E-state index is 12.2. The predicted octanol–water partition coefficient (Wildman–Crippen LogP) is 2.14. The third-order valence-electron chi connectivity index (χ3n) is 3.96. The van der Waals surface area contributed by atoms with Crippen molar-refractivity contribution < 1.29 is 4.79 Å². The number of amides is 2. The number of anilines is 1. The van der Waals surface area contributed by atoms with Gasteiger partial charge in [-0.25, -0.2) is 4.79 Å². The van der Waals surface area contributed by atoms with Crippen molar-refractivity contribution in [2.24, 2.45) is 0 Å². The molecule has 1 fully saturated rings. The number of nitrogens with zero attached hydrogens (tertiary/aromatic N) is 2. The summed E-state index contributed by atoms with van der Waals surface area (Å²) in [7, 11) is 2.08. The van der Waals surface area contributed by atoms with Crippen molar-refractivity contribution in [2.45, 2.75) is 19.9 Å². The van der Waals surface area contributed by atoms with Gasteiger partial charge in [0.2, 0.25) is 0 Å². The van der Waals surface area contributed by atoms with Gasteiger partial charge in [0, 0.05) is 37.9 Å². The maximum absolute atomic E-state index is 12.2. The van der Waals surface area contributed by atoms with E-state index in [9.17, 15) is 4.79 Å². The quantitative estimate of drug-likeness (QED) is 0.893. The Morgan fingerprint density at radius 2 is 1.81 bits per heavy atom. The van der Waals surface area contributed by atoms with E-state index in [-0.39, 0.29) is 6.03 Å². The van der Waals surface area contributed by atoms with E-state index in [1.54, 1.807) is 0 Å². The van der Waals surface area contributed by atoms with Gasteiger partial charge in [0.05, 0.1) is 0 Å². The molecule has 1 aromatic rings. The van der Waals surface area contributed by atoms with Gasteiger partial charge in [-0.1, -0.05) is 19.1 Å². The van der Waals surface area contributed by atoms with Crippen LogP contribution < -0.4 is 10.6 Å². The van der Waals surface area contributed by atoms with Crippen molar-refractivity contribution in [3.8, 4) is 0 Å². The SMILES string of the molecule is CCNC(C)c1ccc(NC(=O)N2CCN(C)CC2)cc1. The maximum Gasteiger partial charge on any atom is 0.321 e. The Balaban J connectivity index is 1.89. The lowest BCUT2D eigenvalue weighted by Gasteiger charge is -2.32. The summed E-state index contributed by atoms with van der Waals surface area (Å²) >= 11 is 0. The molecule has 1 aromatic carbocycles. The predicted molar refractivity (Wildman–Crippen MR) is 86.6 cm³/mol. The molecule has 0 radical (unpaired) electrons. The smallest absolute Gasteiger partial charge is 0.321 e. The van der Waals surface area contributed by atoms with Gasteiger partial charge in [0.1, 0.15) is 0 Å². The second kappa shape index (κ2) is 7.43. The molecule has 1 saturated heterocycles. The summed E-state index contributed by atoms with van der Waals surface area (Å²) < 4.78 is 0. The van der Waals surface area contributed by atoms with Gasteiger partial charge >= 0.3 is 6.03 Å². The molecule has 5 nitrogen and oxygen atoms in total. The largest absolute Gasteiger partial charge is 0.322 e. The van der Waals surface area contributed by atoms with Crippen LogP contribution in [0.1, 0.15) is 25.5 Å². The Morgan fingerprint density at radius 1 is 1.19 bits per heavy atom. The standard InChI is InChI=1S/C16H26N4O/c1-4-17-13(2)14-5-7-15(8-6-14)18-16(21)20-11-9-19(3)10-12-20/h5-8,13,17H,4,9-12H2,1-3H3,(H,18,21). The lowest BCUT2D eigenvalue weighted by molar-refractivity contribution is 0.164. The first-order valence-corrected chi connectivity index (χ1v) is 7.68. The van der Waals surface area contributed by atoms with Crippen LogP contribution in [-0.2, 0) is 0 Å². The zero-order valence-corrected chi connectivity index (χ0v) is 13.2. The highest BCUT2D eigenvalue weighted by Gasteiger charge is 2.18. The minimum absolute atomic E-state index is 0.00409.